The first-order valence-corrected chi connectivity index (χ1v) is 10.3. The number of benzene rings is 2. The van der Waals surface area contributed by atoms with Crippen molar-refractivity contribution in [1.82, 2.24) is 19.9 Å². The lowest BCUT2D eigenvalue weighted by atomic mass is 9.91. The third-order valence-corrected chi connectivity index (χ3v) is 6.33. The van der Waals surface area contributed by atoms with E-state index in [1.807, 2.05) is 6.20 Å². The van der Waals surface area contributed by atoms with Gasteiger partial charge in [0, 0.05) is 23.5 Å². The van der Waals surface area contributed by atoms with Crippen molar-refractivity contribution in [3.63, 3.8) is 0 Å². The molecule has 5 rings (SSSR count). The molecule has 2 aromatic carbocycles. The Morgan fingerprint density at radius 3 is 2.71 bits per heavy atom. The Morgan fingerprint density at radius 2 is 1.86 bits per heavy atom. The molecule has 0 bridgehead atoms. The van der Waals surface area contributed by atoms with E-state index in [0.29, 0.717) is 5.65 Å². The summed E-state index contributed by atoms with van der Waals surface area (Å²) >= 11 is 1.62. The van der Waals surface area contributed by atoms with Crippen molar-refractivity contribution in [3.05, 3.63) is 48.7 Å². The van der Waals surface area contributed by atoms with Gasteiger partial charge in [-0.25, -0.2) is 9.97 Å². The van der Waals surface area contributed by atoms with Crippen molar-refractivity contribution in [2.75, 3.05) is 18.0 Å². The van der Waals surface area contributed by atoms with Crippen molar-refractivity contribution in [2.45, 2.75) is 35.2 Å². The minimum atomic E-state index is -0.0821. The van der Waals surface area contributed by atoms with Crippen LogP contribution in [-0.4, -0.2) is 38.6 Å². The SMILES string of the molecule is CC1(N)CCN(c2nc3nc(Sc4cccc5ccccc45)cnc3[nH]2)CC1. The number of aromatic nitrogens is 4. The minimum Gasteiger partial charge on any atom is -0.342 e. The van der Waals surface area contributed by atoms with Gasteiger partial charge in [0.1, 0.15) is 5.03 Å². The van der Waals surface area contributed by atoms with Gasteiger partial charge in [-0.15, -0.1) is 0 Å². The number of anilines is 1. The summed E-state index contributed by atoms with van der Waals surface area (Å²) in [4.78, 5) is 20.7. The first kappa shape index (κ1) is 17.5. The standard InChI is InChI=1S/C21H22N6S/c1-21(22)9-11-27(12-10-21)20-25-18-19(26-20)24-17(13-23-18)28-16-8-4-6-14-5-2-3-7-15(14)16/h2-8,13H,9-12,22H2,1H3,(H,23,24,25,26). The van der Waals surface area contributed by atoms with Gasteiger partial charge in [-0.3, -0.25) is 0 Å². The number of aromatic amines is 1. The molecule has 0 unspecified atom stereocenters. The summed E-state index contributed by atoms with van der Waals surface area (Å²) in [5.41, 5.74) is 7.53. The molecule has 6 nitrogen and oxygen atoms in total. The number of hydrogen-bond donors (Lipinski definition) is 2. The predicted octanol–water partition coefficient (Wildman–Crippen LogP) is 3.97. The molecular weight excluding hydrogens is 368 g/mol. The molecule has 2 aromatic heterocycles. The highest BCUT2D eigenvalue weighted by Crippen LogP contribution is 2.33. The van der Waals surface area contributed by atoms with E-state index in [1.165, 1.54) is 15.7 Å². The Bertz CT molecular complexity index is 1140. The number of hydrogen-bond acceptors (Lipinski definition) is 6. The van der Waals surface area contributed by atoms with Crippen LogP contribution in [0.5, 0.6) is 0 Å². The number of nitrogens with zero attached hydrogens (tertiary/aromatic N) is 4. The average molecular weight is 391 g/mol. The maximum Gasteiger partial charge on any atom is 0.206 e. The van der Waals surface area contributed by atoms with Crippen molar-refractivity contribution in [2.24, 2.45) is 5.73 Å². The molecule has 142 valence electrons. The van der Waals surface area contributed by atoms with Gasteiger partial charge in [-0.05, 0) is 36.6 Å². The molecule has 0 saturated carbocycles. The van der Waals surface area contributed by atoms with Crippen LogP contribution in [0.3, 0.4) is 0 Å². The van der Waals surface area contributed by atoms with Crippen molar-refractivity contribution < 1.29 is 0 Å². The smallest absolute Gasteiger partial charge is 0.206 e. The second kappa shape index (κ2) is 6.76. The summed E-state index contributed by atoms with van der Waals surface area (Å²) in [5.74, 6) is 0.831. The number of nitrogens with one attached hydrogen (secondary N) is 1. The van der Waals surface area contributed by atoms with Gasteiger partial charge in [0.15, 0.2) is 11.3 Å². The lowest BCUT2D eigenvalue weighted by Crippen LogP contribution is -2.48. The largest absolute Gasteiger partial charge is 0.342 e. The monoisotopic (exact) mass is 390 g/mol. The van der Waals surface area contributed by atoms with E-state index in [-0.39, 0.29) is 5.54 Å². The lowest BCUT2D eigenvalue weighted by molar-refractivity contribution is 0.362. The molecule has 1 aliphatic rings. The minimum absolute atomic E-state index is 0.0821. The predicted molar refractivity (Wildman–Crippen MR) is 114 cm³/mol. The molecule has 1 aliphatic heterocycles. The molecule has 1 fully saturated rings. The number of piperidine rings is 1. The van der Waals surface area contributed by atoms with Crippen LogP contribution in [0.2, 0.25) is 0 Å². The first-order valence-electron chi connectivity index (χ1n) is 9.50. The van der Waals surface area contributed by atoms with Gasteiger partial charge in [0.05, 0.1) is 6.20 Å². The Balaban J connectivity index is 1.42. The highest BCUT2D eigenvalue weighted by molar-refractivity contribution is 7.99. The summed E-state index contributed by atoms with van der Waals surface area (Å²) < 4.78 is 0. The number of H-pyrrole nitrogens is 1. The Labute approximate surface area is 167 Å². The normalized spacial score (nSPS) is 16.7. The van der Waals surface area contributed by atoms with Gasteiger partial charge in [-0.1, -0.05) is 48.2 Å². The maximum absolute atomic E-state index is 6.24. The van der Waals surface area contributed by atoms with E-state index >= 15 is 0 Å². The van der Waals surface area contributed by atoms with E-state index in [2.05, 4.69) is 64.3 Å². The van der Waals surface area contributed by atoms with Crippen LogP contribution in [-0.2, 0) is 0 Å². The van der Waals surface area contributed by atoms with Crippen molar-refractivity contribution in [1.29, 1.82) is 0 Å². The molecule has 0 radical (unpaired) electrons. The van der Waals surface area contributed by atoms with Crippen molar-refractivity contribution in [3.8, 4) is 0 Å². The van der Waals surface area contributed by atoms with E-state index in [4.69, 9.17) is 15.7 Å². The Kier molecular flexibility index (Phi) is 4.21. The highest BCUT2D eigenvalue weighted by Gasteiger charge is 2.27. The molecular formula is C21H22N6S. The van der Waals surface area contributed by atoms with Crippen LogP contribution < -0.4 is 10.6 Å². The Hall–Kier alpha value is -2.64. The molecule has 3 heterocycles. The topological polar surface area (TPSA) is 83.7 Å². The van der Waals surface area contributed by atoms with Crippen molar-refractivity contribution >= 4 is 39.8 Å². The summed E-state index contributed by atoms with van der Waals surface area (Å²) in [6.07, 6.45) is 3.71. The van der Waals surface area contributed by atoms with Gasteiger partial charge in [-0.2, -0.15) is 4.98 Å². The summed E-state index contributed by atoms with van der Waals surface area (Å²) in [5, 5.41) is 3.29. The summed E-state index contributed by atoms with van der Waals surface area (Å²) in [6, 6.07) is 14.7. The van der Waals surface area contributed by atoms with Crippen LogP contribution in [0.25, 0.3) is 22.1 Å². The van der Waals surface area contributed by atoms with Crippen LogP contribution in [0.1, 0.15) is 19.8 Å². The zero-order valence-corrected chi connectivity index (χ0v) is 16.5. The molecule has 1 saturated heterocycles. The molecule has 0 atom stereocenters. The zero-order valence-electron chi connectivity index (χ0n) is 15.7. The average Bonchev–Trinajstić information content (AvgIpc) is 3.11. The molecule has 3 N–H and O–H groups in total. The van der Waals surface area contributed by atoms with E-state index in [0.717, 1.165) is 42.6 Å². The molecule has 0 amide bonds. The number of nitrogens with two attached hydrogens (primary N) is 1. The molecule has 0 aliphatic carbocycles. The first-order chi connectivity index (χ1) is 13.6. The van der Waals surface area contributed by atoms with Gasteiger partial charge in [0.2, 0.25) is 5.95 Å². The summed E-state index contributed by atoms with van der Waals surface area (Å²) in [6.45, 7) is 3.90. The molecule has 0 spiro atoms. The van der Waals surface area contributed by atoms with Crippen LogP contribution in [0, 0.1) is 0 Å². The fourth-order valence-electron chi connectivity index (χ4n) is 3.59. The van der Waals surface area contributed by atoms with Crippen LogP contribution in [0.4, 0.5) is 5.95 Å². The van der Waals surface area contributed by atoms with Crippen LogP contribution >= 0.6 is 11.8 Å². The van der Waals surface area contributed by atoms with Gasteiger partial charge < -0.3 is 15.6 Å². The zero-order chi connectivity index (χ0) is 19.1. The number of rotatable bonds is 3. The second-order valence-corrected chi connectivity index (χ2v) is 8.72. The lowest BCUT2D eigenvalue weighted by Gasteiger charge is -2.36. The van der Waals surface area contributed by atoms with E-state index in [9.17, 15) is 0 Å². The third-order valence-electron chi connectivity index (χ3n) is 5.34. The Morgan fingerprint density at radius 1 is 1.07 bits per heavy atom. The number of imidazole rings is 1. The van der Waals surface area contributed by atoms with Gasteiger partial charge >= 0.3 is 0 Å². The molecule has 4 aromatic rings. The molecule has 28 heavy (non-hydrogen) atoms. The van der Waals surface area contributed by atoms with Gasteiger partial charge in [0.25, 0.3) is 0 Å². The fourth-order valence-corrected chi connectivity index (χ4v) is 4.49. The molecule has 7 heteroatoms. The quantitative estimate of drug-likeness (QED) is 0.551. The number of fused-ring (bicyclic) bond motifs is 2. The second-order valence-electron chi connectivity index (χ2n) is 7.66. The van der Waals surface area contributed by atoms with E-state index in [1.54, 1.807) is 11.8 Å². The highest BCUT2D eigenvalue weighted by atomic mass is 32.2. The summed E-state index contributed by atoms with van der Waals surface area (Å²) in [7, 11) is 0. The fraction of sp³-hybridized carbons (Fsp3) is 0.286. The third kappa shape index (κ3) is 3.31. The van der Waals surface area contributed by atoms with Crippen LogP contribution in [0.15, 0.2) is 58.6 Å². The van der Waals surface area contributed by atoms with E-state index < -0.39 is 0 Å². The maximum atomic E-state index is 6.24.